The van der Waals surface area contributed by atoms with Gasteiger partial charge < -0.3 is 20.3 Å². The van der Waals surface area contributed by atoms with Gasteiger partial charge in [-0.1, -0.05) is 42.5 Å². The molecule has 2 N–H and O–H groups in total. The van der Waals surface area contributed by atoms with Crippen LogP contribution in [0.3, 0.4) is 0 Å². The molecule has 0 radical (unpaired) electrons. The van der Waals surface area contributed by atoms with Crippen LogP contribution in [0.25, 0.3) is 0 Å². The number of benzene rings is 2. The lowest BCUT2D eigenvalue weighted by molar-refractivity contribution is -0.139. The van der Waals surface area contributed by atoms with E-state index in [2.05, 4.69) is 10.6 Å². The van der Waals surface area contributed by atoms with Gasteiger partial charge in [-0.2, -0.15) is 0 Å². The van der Waals surface area contributed by atoms with Crippen LogP contribution in [-0.4, -0.2) is 55.4 Å². The van der Waals surface area contributed by atoms with E-state index >= 15 is 0 Å². The molecule has 32 heavy (non-hydrogen) atoms. The third-order valence-corrected chi connectivity index (χ3v) is 5.80. The lowest BCUT2D eigenvalue weighted by Crippen LogP contribution is -2.54. The Kier molecular flexibility index (Phi) is 8.25. The van der Waals surface area contributed by atoms with Gasteiger partial charge in [-0.15, -0.1) is 0 Å². The number of likely N-dealkylation sites (N-methyl/N-ethyl adjacent to an activating group) is 1. The number of nitrogens with one attached hydrogen (secondary N) is 2. The molecule has 2 aromatic carbocycles. The molecular weight excluding hydrogens is 406 g/mol. The molecule has 7 nitrogen and oxygen atoms in total. The zero-order valence-corrected chi connectivity index (χ0v) is 18.7. The van der Waals surface area contributed by atoms with Gasteiger partial charge in [-0.05, 0) is 42.5 Å². The number of carbonyl (C=O) groups excluding carboxylic acids is 3. The van der Waals surface area contributed by atoms with E-state index in [1.807, 2.05) is 42.5 Å². The highest BCUT2D eigenvalue weighted by Crippen LogP contribution is 2.15. The van der Waals surface area contributed by atoms with Crippen molar-refractivity contribution < 1.29 is 19.1 Å². The van der Waals surface area contributed by atoms with Crippen LogP contribution in [0, 0.1) is 0 Å². The van der Waals surface area contributed by atoms with Gasteiger partial charge in [-0.3, -0.25) is 14.4 Å². The van der Waals surface area contributed by atoms with Crippen molar-refractivity contribution in [3.05, 3.63) is 65.7 Å². The van der Waals surface area contributed by atoms with Gasteiger partial charge in [0.15, 0.2) is 0 Å². The second-order valence-electron chi connectivity index (χ2n) is 8.08. The van der Waals surface area contributed by atoms with Crippen molar-refractivity contribution in [3.63, 3.8) is 0 Å². The van der Waals surface area contributed by atoms with Crippen molar-refractivity contribution in [1.29, 1.82) is 0 Å². The molecule has 1 aliphatic heterocycles. The number of hydrogen-bond acceptors (Lipinski definition) is 4. The molecule has 0 bridgehead atoms. The summed E-state index contributed by atoms with van der Waals surface area (Å²) in [6, 6.07) is 15.6. The average molecular weight is 438 g/mol. The first-order valence-corrected chi connectivity index (χ1v) is 11.0. The van der Waals surface area contributed by atoms with Gasteiger partial charge >= 0.3 is 0 Å². The number of ether oxygens (including phenoxy) is 1. The van der Waals surface area contributed by atoms with Gasteiger partial charge in [0.1, 0.15) is 17.8 Å². The molecule has 0 saturated carbocycles. The zero-order chi connectivity index (χ0) is 22.9. The fourth-order valence-electron chi connectivity index (χ4n) is 3.80. The number of carbonyl (C=O) groups is 3. The van der Waals surface area contributed by atoms with Crippen molar-refractivity contribution >= 4 is 17.7 Å². The lowest BCUT2D eigenvalue weighted by Gasteiger charge is -2.29. The number of hydrogen-bond donors (Lipinski definition) is 2. The van der Waals surface area contributed by atoms with E-state index in [0.29, 0.717) is 19.4 Å². The minimum absolute atomic E-state index is 0.165. The maximum Gasteiger partial charge on any atom is 0.243 e. The molecule has 170 valence electrons. The number of nitrogens with zero attached hydrogens (tertiary/aromatic N) is 1. The summed E-state index contributed by atoms with van der Waals surface area (Å²) in [5.74, 6) is 0.0668. The minimum atomic E-state index is -0.723. The van der Waals surface area contributed by atoms with Crippen LogP contribution in [0.1, 0.15) is 30.4 Å². The highest BCUT2D eigenvalue weighted by Gasteiger charge is 2.31. The molecule has 1 heterocycles. The standard InChI is InChI=1S/C25H31N3O4/c1-28(23(29)17-19-11-13-20(32-2)14-12-19)22(16-18-8-4-3-5-9-18)25(31)27-21-10-6-7-15-26-24(21)30/h3-5,8-9,11-14,21-22H,6-7,10,15-17H2,1-2H3,(H,26,30)(H,27,31)/t21-,22+/m1/s1. The van der Waals surface area contributed by atoms with E-state index in [4.69, 9.17) is 4.74 Å². The molecule has 1 aliphatic rings. The Hall–Kier alpha value is -3.35. The monoisotopic (exact) mass is 437 g/mol. The van der Waals surface area contributed by atoms with Crippen molar-refractivity contribution in [3.8, 4) is 5.75 Å². The van der Waals surface area contributed by atoms with Crippen molar-refractivity contribution in [2.45, 2.75) is 44.2 Å². The van der Waals surface area contributed by atoms with Gasteiger partial charge in [0.2, 0.25) is 17.7 Å². The van der Waals surface area contributed by atoms with Crippen LogP contribution in [0.15, 0.2) is 54.6 Å². The van der Waals surface area contributed by atoms with Crippen molar-refractivity contribution in [1.82, 2.24) is 15.5 Å². The smallest absolute Gasteiger partial charge is 0.243 e. The van der Waals surface area contributed by atoms with Crippen molar-refractivity contribution in [2.24, 2.45) is 0 Å². The first-order valence-electron chi connectivity index (χ1n) is 11.0. The third kappa shape index (κ3) is 6.33. The van der Waals surface area contributed by atoms with Gasteiger partial charge in [0.05, 0.1) is 13.5 Å². The normalized spacial score (nSPS) is 16.9. The number of amides is 3. The van der Waals surface area contributed by atoms with E-state index in [9.17, 15) is 14.4 Å². The topological polar surface area (TPSA) is 87.7 Å². The van der Waals surface area contributed by atoms with Gasteiger partial charge in [0.25, 0.3) is 0 Å². The highest BCUT2D eigenvalue weighted by atomic mass is 16.5. The summed E-state index contributed by atoms with van der Waals surface area (Å²) < 4.78 is 5.17. The summed E-state index contributed by atoms with van der Waals surface area (Å²) in [5, 5.41) is 5.72. The number of methoxy groups -OCH3 is 1. The van der Waals surface area contributed by atoms with Crippen LogP contribution in [0.4, 0.5) is 0 Å². The molecule has 2 atom stereocenters. The van der Waals surface area contributed by atoms with Crippen LogP contribution >= 0.6 is 0 Å². The molecular formula is C25H31N3O4. The predicted octanol–water partition coefficient (Wildman–Crippen LogP) is 2.09. The molecule has 0 unspecified atom stereocenters. The summed E-state index contributed by atoms with van der Waals surface area (Å²) in [4.78, 5) is 40.1. The molecule has 2 aromatic rings. The molecule has 0 spiro atoms. The quantitative estimate of drug-likeness (QED) is 0.662. The first-order chi connectivity index (χ1) is 15.5. The van der Waals surface area contributed by atoms with Crippen molar-refractivity contribution in [2.75, 3.05) is 20.7 Å². The van der Waals surface area contributed by atoms with E-state index in [1.165, 1.54) is 4.90 Å². The van der Waals surface area contributed by atoms with E-state index in [0.717, 1.165) is 29.7 Å². The van der Waals surface area contributed by atoms with Gasteiger partial charge in [-0.25, -0.2) is 0 Å². The lowest BCUT2D eigenvalue weighted by atomic mass is 10.0. The predicted molar refractivity (Wildman–Crippen MR) is 122 cm³/mol. The Morgan fingerprint density at radius 1 is 1.09 bits per heavy atom. The summed E-state index contributed by atoms with van der Waals surface area (Å²) in [5.41, 5.74) is 1.78. The summed E-state index contributed by atoms with van der Waals surface area (Å²) in [7, 11) is 3.24. The highest BCUT2D eigenvalue weighted by molar-refractivity contribution is 5.92. The molecule has 7 heteroatoms. The summed E-state index contributed by atoms with van der Waals surface area (Å²) in [6.07, 6.45) is 2.89. The number of rotatable bonds is 8. The fourth-order valence-corrected chi connectivity index (χ4v) is 3.80. The van der Waals surface area contributed by atoms with Crippen LogP contribution in [0.5, 0.6) is 5.75 Å². The molecule has 3 amide bonds. The second kappa shape index (κ2) is 11.3. The van der Waals surface area contributed by atoms with Crippen LogP contribution in [-0.2, 0) is 27.2 Å². The molecule has 0 aromatic heterocycles. The van der Waals surface area contributed by atoms with E-state index in [-0.39, 0.29) is 24.1 Å². The summed E-state index contributed by atoms with van der Waals surface area (Å²) >= 11 is 0. The van der Waals surface area contributed by atoms with Gasteiger partial charge in [0, 0.05) is 20.0 Å². The minimum Gasteiger partial charge on any atom is -0.497 e. The zero-order valence-electron chi connectivity index (χ0n) is 18.7. The second-order valence-corrected chi connectivity index (χ2v) is 8.08. The Morgan fingerprint density at radius 3 is 2.50 bits per heavy atom. The van der Waals surface area contributed by atoms with E-state index < -0.39 is 12.1 Å². The maximum absolute atomic E-state index is 13.3. The Labute approximate surface area is 189 Å². The Bertz CT molecular complexity index is 915. The van der Waals surface area contributed by atoms with Crippen LogP contribution < -0.4 is 15.4 Å². The molecule has 1 saturated heterocycles. The third-order valence-electron chi connectivity index (χ3n) is 5.80. The molecule has 3 rings (SSSR count). The Morgan fingerprint density at radius 2 is 1.81 bits per heavy atom. The fraction of sp³-hybridized carbons (Fsp3) is 0.400. The molecule has 1 fully saturated rings. The average Bonchev–Trinajstić information content (AvgIpc) is 3.02. The largest absolute Gasteiger partial charge is 0.497 e. The molecule has 0 aliphatic carbocycles. The SMILES string of the molecule is COc1ccc(CC(=O)N(C)[C@@H](Cc2ccccc2)C(=O)N[C@@H]2CCCCNC2=O)cc1. The summed E-state index contributed by atoms with van der Waals surface area (Å²) in [6.45, 7) is 0.624. The Balaban J connectivity index is 1.74. The maximum atomic E-state index is 13.3. The van der Waals surface area contributed by atoms with Crippen LogP contribution in [0.2, 0.25) is 0 Å². The van der Waals surface area contributed by atoms with E-state index in [1.54, 1.807) is 26.3 Å². The first kappa shape index (κ1) is 23.3.